The van der Waals surface area contributed by atoms with Crippen LogP contribution in [0, 0.1) is 5.82 Å². The second-order valence-corrected chi connectivity index (χ2v) is 7.90. The number of nitrogens with zero attached hydrogens (tertiary/aromatic N) is 1. The molecule has 1 aromatic heterocycles. The van der Waals surface area contributed by atoms with Gasteiger partial charge < -0.3 is 20.1 Å². The predicted molar refractivity (Wildman–Crippen MR) is 113 cm³/mol. The largest absolute Gasteiger partial charge is 0.494 e. The highest BCUT2D eigenvalue weighted by molar-refractivity contribution is 5.80. The molecule has 2 N–H and O–H groups in total. The fourth-order valence-electron chi connectivity index (χ4n) is 3.78. The molecule has 166 valence electrons. The average Bonchev–Trinajstić information content (AvgIpc) is 3.13. The van der Waals surface area contributed by atoms with Crippen LogP contribution in [0.3, 0.4) is 0 Å². The van der Waals surface area contributed by atoms with Crippen molar-refractivity contribution in [1.29, 1.82) is 0 Å². The van der Waals surface area contributed by atoms with Gasteiger partial charge in [0.05, 0.1) is 19.9 Å². The Labute approximate surface area is 181 Å². The number of nitrogens with one attached hydrogen (secondary N) is 2. The molecule has 1 aliphatic rings. The minimum Gasteiger partial charge on any atom is -0.494 e. The summed E-state index contributed by atoms with van der Waals surface area (Å²) in [6.07, 6.45) is 5.37. The zero-order valence-electron chi connectivity index (χ0n) is 17.8. The normalized spacial score (nSPS) is 18.9. The van der Waals surface area contributed by atoms with Gasteiger partial charge in [0, 0.05) is 24.6 Å². The fourth-order valence-corrected chi connectivity index (χ4v) is 3.78. The van der Waals surface area contributed by atoms with E-state index in [9.17, 15) is 14.0 Å². The third kappa shape index (κ3) is 6.41. The third-order valence-electron chi connectivity index (χ3n) is 5.38. The van der Waals surface area contributed by atoms with Crippen LogP contribution < -0.4 is 20.1 Å². The molecule has 1 fully saturated rings. The Hall–Kier alpha value is -3.16. The van der Waals surface area contributed by atoms with Crippen molar-refractivity contribution < 1.29 is 23.5 Å². The predicted octanol–water partition coefficient (Wildman–Crippen LogP) is 2.78. The Balaban J connectivity index is 1.53. The molecule has 7 nitrogen and oxygen atoms in total. The van der Waals surface area contributed by atoms with Crippen molar-refractivity contribution in [3.63, 3.8) is 0 Å². The van der Waals surface area contributed by atoms with Gasteiger partial charge in [0.2, 0.25) is 11.8 Å². The maximum absolute atomic E-state index is 13.7. The molecule has 0 radical (unpaired) electrons. The van der Waals surface area contributed by atoms with E-state index in [4.69, 9.17) is 9.47 Å². The summed E-state index contributed by atoms with van der Waals surface area (Å²) >= 11 is 0. The number of carbonyl (C=O) groups excluding carboxylic acids is 2. The van der Waals surface area contributed by atoms with E-state index in [1.54, 1.807) is 30.6 Å². The lowest BCUT2D eigenvalue weighted by molar-refractivity contribution is -0.123. The monoisotopic (exact) mass is 429 g/mol. The van der Waals surface area contributed by atoms with Gasteiger partial charge in [-0.25, -0.2) is 4.39 Å². The van der Waals surface area contributed by atoms with Gasteiger partial charge in [0.1, 0.15) is 11.9 Å². The lowest BCUT2D eigenvalue weighted by Gasteiger charge is -2.29. The van der Waals surface area contributed by atoms with Gasteiger partial charge in [-0.05, 0) is 56.0 Å². The van der Waals surface area contributed by atoms with Crippen LogP contribution in [-0.2, 0) is 16.0 Å². The minimum atomic E-state index is -0.533. The standard InChI is InChI=1S/C23H28FN3O4/c1-16(31-18-4-3-11-25-15-18)14-26-21(28)7-9-23(10-8-22(29)27-23)13-17-5-6-19(24)20(12-17)30-2/h3-6,11-12,15-16H,7-10,13-14H2,1-2H3,(H,26,28)(H,27,29). The first-order valence-corrected chi connectivity index (χ1v) is 10.4. The third-order valence-corrected chi connectivity index (χ3v) is 5.38. The first-order valence-electron chi connectivity index (χ1n) is 10.4. The molecule has 0 bridgehead atoms. The smallest absolute Gasteiger partial charge is 0.220 e. The van der Waals surface area contributed by atoms with Crippen LogP contribution in [0.1, 0.15) is 38.2 Å². The van der Waals surface area contributed by atoms with Gasteiger partial charge in [0.15, 0.2) is 11.6 Å². The number of methoxy groups -OCH3 is 1. The highest BCUT2D eigenvalue weighted by Gasteiger charge is 2.38. The molecule has 1 saturated heterocycles. The van der Waals surface area contributed by atoms with Crippen LogP contribution in [0.4, 0.5) is 4.39 Å². The van der Waals surface area contributed by atoms with Gasteiger partial charge in [-0.15, -0.1) is 0 Å². The van der Waals surface area contributed by atoms with Gasteiger partial charge in [0.25, 0.3) is 0 Å². The zero-order chi connectivity index (χ0) is 22.3. The number of amides is 2. The van der Waals surface area contributed by atoms with Crippen LogP contribution >= 0.6 is 0 Å². The van der Waals surface area contributed by atoms with E-state index in [-0.39, 0.29) is 30.1 Å². The maximum atomic E-state index is 13.7. The number of carbonyl (C=O) groups is 2. The summed E-state index contributed by atoms with van der Waals surface area (Å²) in [5.74, 6) is 0.230. The fraction of sp³-hybridized carbons (Fsp3) is 0.435. The maximum Gasteiger partial charge on any atom is 0.220 e. The molecule has 8 heteroatoms. The number of halogens is 1. The van der Waals surface area contributed by atoms with E-state index < -0.39 is 11.4 Å². The summed E-state index contributed by atoms with van der Waals surface area (Å²) in [5, 5.41) is 5.91. The molecule has 2 heterocycles. The molecule has 3 rings (SSSR count). The molecule has 0 saturated carbocycles. The van der Waals surface area contributed by atoms with Crippen LogP contribution in [0.2, 0.25) is 0 Å². The molecular formula is C23H28FN3O4. The molecule has 0 spiro atoms. The van der Waals surface area contributed by atoms with E-state index in [0.717, 1.165) is 5.56 Å². The lowest BCUT2D eigenvalue weighted by Crippen LogP contribution is -2.45. The summed E-state index contributed by atoms with van der Waals surface area (Å²) in [4.78, 5) is 28.4. The molecule has 2 unspecified atom stereocenters. The van der Waals surface area contributed by atoms with Gasteiger partial charge in [-0.3, -0.25) is 14.6 Å². The summed E-state index contributed by atoms with van der Waals surface area (Å²) in [6.45, 7) is 2.23. The zero-order valence-corrected chi connectivity index (χ0v) is 17.8. The van der Waals surface area contributed by atoms with E-state index in [2.05, 4.69) is 15.6 Å². The molecule has 31 heavy (non-hydrogen) atoms. The molecular weight excluding hydrogens is 401 g/mol. The van der Waals surface area contributed by atoms with Crippen molar-refractivity contribution in [2.24, 2.45) is 0 Å². The Morgan fingerprint density at radius 3 is 2.90 bits per heavy atom. The van der Waals surface area contributed by atoms with E-state index in [1.165, 1.54) is 13.2 Å². The highest BCUT2D eigenvalue weighted by atomic mass is 19.1. The highest BCUT2D eigenvalue weighted by Crippen LogP contribution is 2.31. The van der Waals surface area contributed by atoms with Crippen molar-refractivity contribution in [3.8, 4) is 11.5 Å². The summed E-state index contributed by atoms with van der Waals surface area (Å²) in [6, 6.07) is 8.27. The SMILES string of the molecule is COc1cc(CC2(CCC(=O)NCC(C)Oc3cccnc3)CCC(=O)N2)ccc1F. The van der Waals surface area contributed by atoms with Crippen LogP contribution in [-0.4, -0.2) is 42.1 Å². The topological polar surface area (TPSA) is 89.6 Å². The van der Waals surface area contributed by atoms with Crippen molar-refractivity contribution in [2.75, 3.05) is 13.7 Å². The van der Waals surface area contributed by atoms with Gasteiger partial charge >= 0.3 is 0 Å². The van der Waals surface area contributed by atoms with E-state index >= 15 is 0 Å². The average molecular weight is 429 g/mol. The summed E-state index contributed by atoms with van der Waals surface area (Å²) in [5.41, 5.74) is 0.314. The van der Waals surface area contributed by atoms with Crippen molar-refractivity contribution in [3.05, 3.63) is 54.1 Å². The molecule has 2 amide bonds. The number of pyridine rings is 1. The Morgan fingerprint density at radius 1 is 1.39 bits per heavy atom. The van der Waals surface area contributed by atoms with Crippen molar-refractivity contribution >= 4 is 11.8 Å². The first kappa shape index (κ1) is 22.5. The minimum absolute atomic E-state index is 0.0343. The van der Waals surface area contributed by atoms with E-state index in [0.29, 0.717) is 38.0 Å². The van der Waals surface area contributed by atoms with Crippen LogP contribution in [0.25, 0.3) is 0 Å². The second kappa shape index (κ2) is 10.2. The molecule has 1 aliphatic heterocycles. The van der Waals surface area contributed by atoms with Gasteiger partial charge in [-0.2, -0.15) is 0 Å². The number of hydrogen-bond acceptors (Lipinski definition) is 5. The Kier molecular flexibility index (Phi) is 7.44. The Morgan fingerprint density at radius 2 is 2.23 bits per heavy atom. The molecule has 2 atom stereocenters. The number of ether oxygens (including phenoxy) is 2. The van der Waals surface area contributed by atoms with Gasteiger partial charge in [-0.1, -0.05) is 6.07 Å². The first-order chi connectivity index (χ1) is 14.9. The second-order valence-electron chi connectivity index (χ2n) is 7.90. The number of aromatic nitrogens is 1. The Bertz CT molecular complexity index is 909. The summed E-state index contributed by atoms with van der Waals surface area (Å²) in [7, 11) is 1.42. The van der Waals surface area contributed by atoms with Crippen molar-refractivity contribution in [2.45, 2.75) is 50.7 Å². The number of rotatable bonds is 10. The lowest BCUT2D eigenvalue weighted by atomic mass is 9.85. The molecule has 2 aromatic rings. The van der Waals surface area contributed by atoms with Crippen LogP contribution in [0.5, 0.6) is 11.5 Å². The molecule has 1 aromatic carbocycles. The van der Waals surface area contributed by atoms with E-state index in [1.807, 2.05) is 13.0 Å². The van der Waals surface area contributed by atoms with Crippen molar-refractivity contribution in [1.82, 2.24) is 15.6 Å². The number of benzene rings is 1. The summed E-state index contributed by atoms with van der Waals surface area (Å²) < 4.78 is 24.5. The van der Waals surface area contributed by atoms with Crippen LogP contribution in [0.15, 0.2) is 42.7 Å². The quantitative estimate of drug-likeness (QED) is 0.606. The molecule has 0 aliphatic carbocycles. The number of hydrogen-bond donors (Lipinski definition) is 2.